The van der Waals surface area contributed by atoms with Gasteiger partial charge in [0.05, 0.1) is 11.5 Å². The summed E-state index contributed by atoms with van der Waals surface area (Å²) < 4.78 is 4.99. The fraction of sp³-hybridized carbons (Fsp3) is 0.538. The zero-order chi connectivity index (χ0) is 13.2. The van der Waals surface area contributed by atoms with Crippen LogP contribution in [0.1, 0.15) is 16.1 Å². The molecule has 3 heterocycles. The van der Waals surface area contributed by atoms with Gasteiger partial charge in [0.1, 0.15) is 6.04 Å². The molecule has 0 radical (unpaired) electrons. The average molecular weight is 280 g/mol. The summed E-state index contributed by atoms with van der Waals surface area (Å²) in [5, 5.41) is 1.91. The van der Waals surface area contributed by atoms with Gasteiger partial charge < -0.3 is 9.64 Å². The molecule has 2 saturated heterocycles. The van der Waals surface area contributed by atoms with Crippen molar-refractivity contribution >= 4 is 23.2 Å². The highest BCUT2D eigenvalue weighted by Gasteiger charge is 2.34. The number of carbonyl (C=O) groups excluding carboxylic acids is 2. The third kappa shape index (κ3) is 2.50. The number of cyclic esters (lactones) is 1. The fourth-order valence-electron chi connectivity index (χ4n) is 2.61. The van der Waals surface area contributed by atoms with Gasteiger partial charge in [-0.3, -0.25) is 14.5 Å². The van der Waals surface area contributed by atoms with E-state index in [-0.39, 0.29) is 17.9 Å². The summed E-state index contributed by atoms with van der Waals surface area (Å²) in [6.07, 6.45) is 0.776. The molecule has 19 heavy (non-hydrogen) atoms. The lowest BCUT2D eigenvalue weighted by molar-refractivity contribution is -0.142. The largest absolute Gasteiger partial charge is 0.464 e. The molecule has 1 aromatic rings. The maximum atomic E-state index is 12.2. The monoisotopic (exact) mass is 280 g/mol. The van der Waals surface area contributed by atoms with E-state index in [1.165, 1.54) is 11.3 Å². The van der Waals surface area contributed by atoms with Gasteiger partial charge in [-0.15, -0.1) is 11.3 Å². The van der Waals surface area contributed by atoms with Crippen LogP contribution in [-0.4, -0.2) is 60.5 Å². The lowest BCUT2D eigenvalue weighted by atomic mass is 10.2. The Morgan fingerprint density at radius 1 is 1.32 bits per heavy atom. The first-order chi connectivity index (χ1) is 9.25. The lowest BCUT2D eigenvalue weighted by Gasteiger charge is -2.36. The number of nitrogens with zero attached hydrogens (tertiary/aromatic N) is 2. The van der Waals surface area contributed by atoms with Crippen LogP contribution in [0.2, 0.25) is 0 Å². The van der Waals surface area contributed by atoms with Crippen molar-refractivity contribution in [2.24, 2.45) is 0 Å². The Kier molecular flexibility index (Phi) is 3.52. The molecule has 1 atom stereocenters. The summed E-state index contributed by atoms with van der Waals surface area (Å²) in [5.74, 6) is -0.0123. The summed E-state index contributed by atoms with van der Waals surface area (Å²) in [4.78, 5) is 28.5. The van der Waals surface area contributed by atoms with Gasteiger partial charge in [0.2, 0.25) is 0 Å². The van der Waals surface area contributed by atoms with Gasteiger partial charge in [-0.2, -0.15) is 0 Å². The number of ether oxygens (including phenoxy) is 1. The molecular weight excluding hydrogens is 264 g/mol. The van der Waals surface area contributed by atoms with Crippen LogP contribution in [-0.2, 0) is 9.53 Å². The van der Waals surface area contributed by atoms with Gasteiger partial charge in [0.15, 0.2) is 0 Å². The van der Waals surface area contributed by atoms with Crippen LogP contribution < -0.4 is 0 Å². The number of rotatable bonds is 2. The van der Waals surface area contributed by atoms with Crippen molar-refractivity contribution in [1.82, 2.24) is 9.80 Å². The summed E-state index contributed by atoms with van der Waals surface area (Å²) in [6, 6.07) is 3.65. The second-order valence-corrected chi connectivity index (χ2v) is 5.73. The molecule has 0 aromatic carbocycles. The smallest absolute Gasteiger partial charge is 0.323 e. The average Bonchev–Trinajstić information content (AvgIpc) is 3.09. The van der Waals surface area contributed by atoms with E-state index < -0.39 is 0 Å². The molecule has 3 rings (SSSR count). The van der Waals surface area contributed by atoms with Crippen molar-refractivity contribution in [1.29, 1.82) is 0 Å². The van der Waals surface area contributed by atoms with Crippen LogP contribution >= 0.6 is 11.3 Å². The van der Waals surface area contributed by atoms with E-state index in [2.05, 4.69) is 4.90 Å². The van der Waals surface area contributed by atoms with Crippen molar-refractivity contribution in [2.45, 2.75) is 12.5 Å². The minimum Gasteiger partial charge on any atom is -0.464 e. The van der Waals surface area contributed by atoms with Gasteiger partial charge >= 0.3 is 5.97 Å². The van der Waals surface area contributed by atoms with E-state index in [0.717, 1.165) is 24.4 Å². The van der Waals surface area contributed by atoms with Gasteiger partial charge in [-0.1, -0.05) is 6.07 Å². The Morgan fingerprint density at radius 2 is 2.11 bits per heavy atom. The quantitative estimate of drug-likeness (QED) is 0.753. The maximum absolute atomic E-state index is 12.2. The van der Waals surface area contributed by atoms with E-state index in [4.69, 9.17) is 4.74 Å². The minimum absolute atomic E-state index is 0.0982. The molecule has 5 nitrogen and oxygen atoms in total. The van der Waals surface area contributed by atoms with Crippen LogP contribution in [0.15, 0.2) is 17.5 Å². The van der Waals surface area contributed by atoms with Crippen molar-refractivity contribution in [2.75, 3.05) is 32.8 Å². The normalized spacial score (nSPS) is 24.5. The predicted octanol–water partition coefficient (Wildman–Crippen LogP) is 0.821. The Bertz CT molecular complexity index is 466. The van der Waals surface area contributed by atoms with Crippen LogP contribution in [0, 0.1) is 0 Å². The molecule has 1 aromatic heterocycles. The molecule has 0 spiro atoms. The summed E-state index contributed by atoms with van der Waals surface area (Å²) in [7, 11) is 0. The molecule has 2 fully saturated rings. The first-order valence-corrected chi connectivity index (χ1v) is 7.37. The van der Waals surface area contributed by atoms with E-state index in [1.54, 1.807) is 0 Å². The third-order valence-corrected chi connectivity index (χ3v) is 4.54. The second-order valence-electron chi connectivity index (χ2n) is 4.78. The summed E-state index contributed by atoms with van der Waals surface area (Å²) in [5.41, 5.74) is 0. The van der Waals surface area contributed by atoms with Crippen molar-refractivity contribution in [3.05, 3.63) is 22.4 Å². The molecule has 0 unspecified atom stereocenters. The highest BCUT2D eigenvalue weighted by atomic mass is 32.1. The fourth-order valence-corrected chi connectivity index (χ4v) is 3.30. The van der Waals surface area contributed by atoms with E-state index in [0.29, 0.717) is 19.7 Å². The third-order valence-electron chi connectivity index (χ3n) is 3.68. The van der Waals surface area contributed by atoms with Crippen LogP contribution in [0.3, 0.4) is 0 Å². The number of esters is 1. The Morgan fingerprint density at radius 3 is 2.68 bits per heavy atom. The van der Waals surface area contributed by atoms with Gasteiger partial charge in [0, 0.05) is 32.6 Å². The van der Waals surface area contributed by atoms with Crippen molar-refractivity contribution < 1.29 is 14.3 Å². The lowest BCUT2D eigenvalue weighted by Crippen LogP contribution is -2.52. The maximum Gasteiger partial charge on any atom is 0.323 e. The number of hydrogen-bond acceptors (Lipinski definition) is 5. The zero-order valence-electron chi connectivity index (χ0n) is 10.6. The van der Waals surface area contributed by atoms with Crippen LogP contribution in [0.5, 0.6) is 0 Å². The van der Waals surface area contributed by atoms with E-state index in [1.807, 2.05) is 22.4 Å². The zero-order valence-corrected chi connectivity index (χ0v) is 11.4. The molecule has 0 aliphatic carbocycles. The second kappa shape index (κ2) is 5.30. The first-order valence-electron chi connectivity index (χ1n) is 6.49. The minimum atomic E-state index is -0.113. The number of carbonyl (C=O) groups is 2. The van der Waals surface area contributed by atoms with Gasteiger partial charge in [-0.25, -0.2) is 0 Å². The van der Waals surface area contributed by atoms with Gasteiger partial charge in [0.25, 0.3) is 5.91 Å². The van der Waals surface area contributed by atoms with E-state index in [9.17, 15) is 9.59 Å². The van der Waals surface area contributed by atoms with Crippen molar-refractivity contribution in [3.8, 4) is 0 Å². The standard InChI is InChI=1S/C13H16N2O3S/c16-12(11-2-1-9-19-11)15-6-4-14(5-7-15)10-3-8-18-13(10)17/h1-2,9-10H,3-8H2/t10-/m1/s1. The predicted molar refractivity (Wildman–Crippen MR) is 71.2 cm³/mol. The highest BCUT2D eigenvalue weighted by molar-refractivity contribution is 7.12. The topological polar surface area (TPSA) is 49.9 Å². The molecule has 0 saturated carbocycles. The molecular formula is C13H16N2O3S. The van der Waals surface area contributed by atoms with Crippen LogP contribution in [0.4, 0.5) is 0 Å². The first kappa shape index (κ1) is 12.6. The highest BCUT2D eigenvalue weighted by Crippen LogP contribution is 2.18. The van der Waals surface area contributed by atoms with Gasteiger partial charge in [-0.05, 0) is 11.4 Å². The summed E-state index contributed by atoms with van der Waals surface area (Å²) in [6.45, 7) is 3.38. The van der Waals surface area contributed by atoms with Crippen molar-refractivity contribution in [3.63, 3.8) is 0 Å². The molecule has 1 amide bonds. The number of thiophene rings is 1. The van der Waals surface area contributed by atoms with E-state index >= 15 is 0 Å². The molecule has 2 aliphatic rings. The molecule has 0 bridgehead atoms. The number of hydrogen-bond donors (Lipinski definition) is 0. The molecule has 0 N–H and O–H groups in total. The molecule has 102 valence electrons. The van der Waals surface area contributed by atoms with Crippen LogP contribution in [0.25, 0.3) is 0 Å². The molecule has 6 heteroatoms. The Balaban J connectivity index is 1.57. The number of piperazine rings is 1. The SMILES string of the molecule is O=C1OCC[C@H]1N1CCN(C(=O)c2cccs2)CC1. The Labute approximate surface area is 115 Å². The number of amides is 1. The Hall–Kier alpha value is -1.40. The summed E-state index contributed by atoms with van der Waals surface area (Å²) >= 11 is 1.47. The molecule has 2 aliphatic heterocycles.